The van der Waals surface area contributed by atoms with E-state index in [2.05, 4.69) is 15.6 Å². The van der Waals surface area contributed by atoms with E-state index in [-0.39, 0.29) is 5.91 Å². The maximum absolute atomic E-state index is 12.5. The van der Waals surface area contributed by atoms with Gasteiger partial charge in [-0.1, -0.05) is 29.8 Å². The van der Waals surface area contributed by atoms with Crippen molar-refractivity contribution in [2.75, 3.05) is 17.7 Å². The summed E-state index contributed by atoms with van der Waals surface area (Å²) in [6, 6.07) is 22.9. The molecule has 0 spiro atoms. The van der Waals surface area contributed by atoms with Gasteiger partial charge in [0.2, 0.25) is 0 Å². The third-order valence-electron chi connectivity index (χ3n) is 4.58. The van der Waals surface area contributed by atoms with Crippen LogP contribution in [0.4, 0.5) is 16.5 Å². The lowest BCUT2D eigenvalue weighted by atomic mass is 10.1. The molecule has 0 aliphatic rings. The number of aryl methyl sites for hydroxylation is 1. The lowest BCUT2D eigenvalue weighted by molar-refractivity contribution is 0.102. The molecule has 3 aromatic carbocycles. The number of methoxy groups -OCH3 is 1. The zero-order valence-corrected chi connectivity index (χ0v) is 17.5. The average Bonchev–Trinajstić information content (AvgIpc) is 3.23. The molecule has 0 radical (unpaired) electrons. The van der Waals surface area contributed by atoms with Gasteiger partial charge in [0.25, 0.3) is 5.91 Å². The molecule has 150 valence electrons. The summed E-state index contributed by atoms with van der Waals surface area (Å²) >= 11 is 1.53. The van der Waals surface area contributed by atoms with E-state index in [0.717, 1.165) is 39.1 Å². The van der Waals surface area contributed by atoms with Gasteiger partial charge < -0.3 is 15.4 Å². The van der Waals surface area contributed by atoms with E-state index in [4.69, 9.17) is 4.74 Å². The number of ether oxygens (including phenoxy) is 1. The average molecular weight is 416 g/mol. The number of thiazole rings is 1. The van der Waals surface area contributed by atoms with Gasteiger partial charge >= 0.3 is 0 Å². The molecule has 1 amide bonds. The molecule has 0 fully saturated rings. The lowest BCUT2D eigenvalue weighted by Gasteiger charge is -2.07. The molecule has 1 aromatic heterocycles. The Balaban J connectivity index is 1.47. The number of hydrogen-bond donors (Lipinski definition) is 2. The molecule has 5 nitrogen and oxygen atoms in total. The molecule has 1 heterocycles. The smallest absolute Gasteiger partial charge is 0.255 e. The van der Waals surface area contributed by atoms with Gasteiger partial charge in [-0.15, -0.1) is 11.3 Å². The summed E-state index contributed by atoms with van der Waals surface area (Å²) in [7, 11) is 1.65. The zero-order valence-electron chi connectivity index (χ0n) is 16.7. The first-order valence-corrected chi connectivity index (χ1v) is 10.3. The van der Waals surface area contributed by atoms with Crippen LogP contribution in [0.2, 0.25) is 0 Å². The van der Waals surface area contributed by atoms with Crippen molar-refractivity contribution in [2.45, 2.75) is 6.92 Å². The van der Waals surface area contributed by atoms with E-state index < -0.39 is 0 Å². The zero-order chi connectivity index (χ0) is 20.9. The summed E-state index contributed by atoms with van der Waals surface area (Å²) in [6.07, 6.45) is 0. The Kier molecular flexibility index (Phi) is 5.77. The van der Waals surface area contributed by atoms with Crippen molar-refractivity contribution in [2.24, 2.45) is 0 Å². The van der Waals surface area contributed by atoms with Gasteiger partial charge in [0, 0.05) is 27.9 Å². The van der Waals surface area contributed by atoms with Crippen LogP contribution in [0, 0.1) is 6.92 Å². The number of hydrogen-bond acceptors (Lipinski definition) is 5. The second kappa shape index (κ2) is 8.80. The molecule has 6 heteroatoms. The summed E-state index contributed by atoms with van der Waals surface area (Å²) in [5, 5.41) is 9.04. The Hall–Kier alpha value is -3.64. The van der Waals surface area contributed by atoms with Gasteiger partial charge in [-0.2, -0.15) is 0 Å². The first-order chi connectivity index (χ1) is 14.6. The minimum atomic E-state index is -0.132. The van der Waals surface area contributed by atoms with Crippen LogP contribution in [0.1, 0.15) is 15.9 Å². The van der Waals surface area contributed by atoms with Crippen molar-refractivity contribution >= 4 is 33.8 Å². The molecule has 4 aromatic rings. The van der Waals surface area contributed by atoms with Crippen LogP contribution < -0.4 is 15.4 Å². The molecular formula is C24H21N3O2S. The Morgan fingerprint density at radius 3 is 2.47 bits per heavy atom. The third kappa shape index (κ3) is 4.67. The van der Waals surface area contributed by atoms with Crippen LogP contribution >= 0.6 is 11.3 Å². The van der Waals surface area contributed by atoms with Crippen molar-refractivity contribution in [3.05, 3.63) is 89.3 Å². The minimum Gasteiger partial charge on any atom is -0.497 e. The fourth-order valence-electron chi connectivity index (χ4n) is 2.93. The van der Waals surface area contributed by atoms with Crippen LogP contribution in [0.15, 0.2) is 78.2 Å². The van der Waals surface area contributed by atoms with Gasteiger partial charge in [-0.3, -0.25) is 4.79 Å². The number of anilines is 3. The third-order valence-corrected chi connectivity index (χ3v) is 5.33. The number of nitrogens with zero attached hydrogens (tertiary/aromatic N) is 1. The van der Waals surface area contributed by atoms with E-state index in [9.17, 15) is 4.79 Å². The molecule has 2 N–H and O–H groups in total. The molecule has 0 bridgehead atoms. The molecule has 0 saturated heterocycles. The van der Waals surface area contributed by atoms with E-state index >= 15 is 0 Å². The minimum absolute atomic E-state index is 0.132. The fourth-order valence-corrected chi connectivity index (χ4v) is 3.67. The molecule has 0 unspecified atom stereocenters. The van der Waals surface area contributed by atoms with E-state index in [1.807, 2.05) is 85.1 Å². The lowest BCUT2D eigenvalue weighted by Crippen LogP contribution is -2.11. The van der Waals surface area contributed by atoms with Crippen LogP contribution in [0.5, 0.6) is 5.75 Å². The SMILES string of the molecule is COc1ccc(Nc2nc(-c3cccc(NC(=O)c4ccc(C)cc4)c3)cs2)cc1. The van der Waals surface area contributed by atoms with Crippen molar-refractivity contribution in [1.29, 1.82) is 0 Å². The second-order valence-electron chi connectivity index (χ2n) is 6.79. The Morgan fingerprint density at radius 2 is 1.73 bits per heavy atom. The first-order valence-electron chi connectivity index (χ1n) is 9.46. The molecule has 4 rings (SSSR count). The Morgan fingerprint density at radius 1 is 0.967 bits per heavy atom. The monoisotopic (exact) mass is 415 g/mol. The molecule has 0 saturated carbocycles. The van der Waals surface area contributed by atoms with Gasteiger partial charge in [0.15, 0.2) is 5.13 Å². The van der Waals surface area contributed by atoms with E-state index in [1.165, 1.54) is 11.3 Å². The highest BCUT2D eigenvalue weighted by Gasteiger charge is 2.09. The number of carbonyl (C=O) groups is 1. The molecule has 0 atom stereocenters. The van der Waals surface area contributed by atoms with E-state index in [0.29, 0.717) is 5.56 Å². The highest BCUT2D eigenvalue weighted by atomic mass is 32.1. The number of aromatic nitrogens is 1. The maximum Gasteiger partial charge on any atom is 0.255 e. The van der Waals surface area contributed by atoms with Crippen molar-refractivity contribution in [3.8, 4) is 17.0 Å². The molecule has 30 heavy (non-hydrogen) atoms. The van der Waals surface area contributed by atoms with Crippen molar-refractivity contribution in [1.82, 2.24) is 4.98 Å². The predicted octanol–water partition coefficient (Wildman–Crippen LogP) is 6.12. The van der Waals surface area contributed by atoms with Crippen LogP contribution in [-0.4, -0.2) is 18.0 Å². The summed E-state index contributed by atoms with van der Waals surface area (Å²) in [6.45, 7) is 2.00. The van der Waals surface area contributed by atoms with Gasteiger partial charge in [0.05, 0.1) is 12.8 Å². The molecule has 0 aliphatic carbocycles. The summed E-state index contributed by atoms with van der Waals surface area (Å²) in [5.74, 6) is 0.678. The summed E-state index contributed by atoms with van der Waals surface area (Å²) in [5.41, 5.74) is 5.21. The number of benzene rings is 3. The van der Waals surface area contributed by atoms with Gasteiger partial charge in [-0.25, -0.2) is 4.98 Å². The quantitative estimate of drug-likeness (QED) is 0.398. The predicted molar refractivity (Wildman–Crippen MR) is 123 cm³/mol. The Bertz CT molecular complexity index is 1150. The number of carbonyl (C=O) groups excluding carboxylic acids is 1. The standard InChI is InChI=1S/C24H21N3O2S/c1-16-6-8-17(9-7-16)23(28)25-20-5-3-4-18(14-20)22-15-30-24(27-22)26-19-10-12-21(29-2)13-11-19/h3-15H,1-2H3,(H,25,28)(H,26,27). The Labute approximate surface area is 179 Å². The normalized spacial score (nSPS) is 10.5. The number of rotatable bonds is 6. The van der Waals surface area contributed by atoms with Gasteiger partial charge in [-0.05, 0) is 55.5 Å². The highest BCUT2D eigenvalue weighted by molar-refractivity contribution is 7.14. The van der Waals surface area contributed by atoms with Gasteiger partial charge in [0.1, 0.15) is 5.75 Å². The van der Waals surface area contributed by atoms with E-state index in [1.54, 1.807) is 7.11 Å². The van der Waals surface area contributed by atoms with Crippen LogP contribution in [0.25, 0.3) is 11.3 Å². The first kappa shape index (κ1) is 19.7. The summed E-state index contributed by atoms with van der Waals surface area (Å²) < 4.78 is 5.18. The van der Waals surface area contributed by atoms with Crippen LogP contribution in [0.3, 0.4) is 0 Å². The summed E-state index contributed by atoms with van der Waals surface area (Å²) in [4.78, 5) is 17.2. The molecular weight excluding hydrogens is 394 g/mol. The molecule has 0 aliphatic heterocycles. The number of nitrogens with one attached hydrogen (secondary N) is 2. The van der Waals surface area contributed by atoms with Crippen LogP contribution in [-0.2, 0) is 0 Å². The van der Waals surface area contributed by atoms with Crippen molar-refractivity contribution in [3.63, 3.8) is 0 Å². The largest absolute Gasteiger partial charge is 0.497 e. The number of amides is 1. The van der Waals surface area contributed by atoms with Crippen molar-refractivity contribution < 1.29 is 9.53 Å². The fraction of sp³-hybridized carbons (Fsp3) is 0.0833. The maximum atomic E-state index is 12.5. The second-order valence-corrected chi connectivity index (χ2v) is 7.65. The topological polar surface area (TPSA) is 63.2 Å². The highest BCUT2D eigenvalue weighted by Crippen LogP contribution is 2.29.